The summed E-state index contributed by atoms with van der Waals surface area (Å²) in [4.78, 5) is 0. The minimum Gasteiger partial charge on any atom is -0.385 e. The van der Waals surface area contributed by atoms with Crippen LogP contribution in [0.5, 0.6) is 0 Å². The van der Waals surface area contributed by atoms with E-state index >= 15 is 0 Å². The minimum atomic E-state index is 0.777. The van der Waals surface area contributed by atoms with Crippen LogP contribution in [0.2, 0.25) is 0 Å². The minimum absolute atomic E-state index is 0.777. The molecule has 0 amide bonds. The van der Waals surface area contributed by atoms with Gasteiger partial charge in [0.05, 0.1) is 11.9 Å². The molecule has 4 heteroatoms. The fourth-order valence-electron chi connectivity index (χ4n) is 1.49. The van der Waals surface area contributed by atoms with Gasteiger partial charge in [-0.1, -0.05) is 0 Å². The van der Waals surface area contributed by atoms with E-state index in [2.05, 4.69) is 5.10 Å². The van der Waals surface area contributed by atoms with Crippen LogP contribution in [-0.4, -0.2) is 28.1 Å². The number of methoxy groups -OCH3 is 1. The molecule has 0 unspecified atom stereocenters. The van der Waals surface area contributed by atoms with Crippen LogP contribution in [0.4, 0.5) is 0 Å². The van der Waals surface area contributed by atoms with Crippen LogP contribution in [0, 0.1) is 0 Å². The molecule has 0 saturated carbocycles. The van der Waals surface area contributed by atoms with Gasteiger partial charge < -0.3 is 9.30 Å². The first kappa shape index (κ1) is 9.98. The predicted molar refractivity (Wildman–Crippen MR) is 58.0 cm³/mol. The topological polar surface area (TPSA) is 32.0 Å². The fourth-order valence-corrected chi connectivity index (χ4v) is 1.49. The molecule has 0 fully saturated rings. The third-order valence-electron chi connectivity index (χ3n) is 2.26. The maximum atomic E-state index is 5.00. The van der Waals surface area contributed by atoms with E-state index in [1.165, 1.54) is 0 Å². The van der Waals surface area contributed by atoms with Gasteiger partial charge in [-0.3, -0.25) is 4.68 Å². The van der Waals surface area contributed by atoms with Crippen LogP contribution < -0.4 is 0 Å². The van der Waals surface area contributed by atoms with Gasteiger partial charge in [0.2, 0.25) is 0 Å². The van der Waals surface area contributed by atoms with Gasteiger partial charge in [-0.25, -0.2) is 0 Å². The summed E-state index contributed by atoms with van der Waals surface area (Å²) >= 11 is 0. The molecule has 15 heavy (non-hydrogen) atoms. The Balaban J connectivity index is 1.98. The lowest BCUT2D eigenvalue weighted by Crippen LogP contribution is -2.01. The molecular formula is C11H15N3O. The first-order valence-electron chi connectivity index (χ1n) is 5.05. The van der Waals surface area contributed by atoms with Crippen molar-refractivity contribution >= 4 is 0 Å². The molecule has 0 spiro atoms. The van der Waals surface area contributed by atoms with E-state index < -0.39 is 0 Å². The molecule has 0 aliphatic heterocycles. The highest BCUT2D eigenvalue weighted by molar-refractivity contribution is 5.26. The third-order valence-corrected chi connectivity index (χ3v) is 2.26. The summed E-state index contributed by atoms with van der Waals surface area (Å²) in [5.74, 6) is 0. The third kappa shape index (κ3) is 2.47. The number of aryl methyl sites for hydroxylation is 1. The first-order chi connectivity index (χ1) is 7.40. The van der Waals surface area contributed by atoms with Crippen molar-refractivity contribution in [1.29, 1.82) is 0 Å². The number of ether oxygens (including phenoxy) is 1. The summed E-state index contributed by atoms with van der Waals surface area (Å²) in [5.41, 5.74) is 1.09. The molecule has 0 saturated heterocycles. The van der Waals surface area contributed by atoms with Crippen molar-refractivity contribution in [3.05, 3.63) is 36.9 Å². The largest absolute Gasteiger partial charge is 0.385 e. The monoisotopic (exact) mass is 205 g/mol. The fraction of sp³-hybridized carbons (Fsp3) is 0.364. The quantitative estimate of drug-likeness (QED) is 0.696. The molecule has 0 aromatic carbocycles. The molecule has 0 aliphatic carbocycles. The highest BCUT2D eigenvalue weighted by atomic mass is 16.5. The average molecular weight is 205 g/mol. The van der Waals surface area contributed by atoms with E-state index in [1.807, 2.05) is 46.2 Å². The zero-order valence-corrected chi connectivity index (χ0v) is 8.84. The molecule has 2 aromatic heterocycles. The van der Waals surface area contributed by atoms with E-state index in [0.29, 0.717) is 0 Å². The molecule has 2 heterocycles. The van der Waals surface area contributed by atoms with Crippen LogP contribution in [0.25, 0.3) is 5.69 Å². The van der Waals surface area contributed by atoms with Crippen molar-refractivity contribution in [1.82, 2.24) is 14.3 Å². The van der Waals surface area contributed by atoms with Gasteiger partial charge in [0, 0.05) is 38.9 Å². The second-order valence-electron chi connectivity index (χ2n) is 3.40. The lowest BCUT2D eigenvalue weighted by atomic mass is 10.4. The Morgan fingerprint density at radius 1 is 1.33 bits per heavy atom. The van der Waals surface area contributed by atoms with E-state index in [1.54, 1.807) is 7.11 Å². The zero-order chi connectivity index (χ0) is 10.5. The average Bonchev–Trinajstić information content (AvgIpc) is 2.87. The summed E-state index contributed by atoms with van der Waals surface area (Å²) in [5, 5.41) is 4.28. The van der Waals surface area contributed by atoms with Gasteiger partial charge in [-0.15, -0.1) is 0 Å². The number of nitrogens with zero attached hydrogens (tertiary/aromatic N) is 3. The Morgan fingerprint density at radius 3 is 2.87 bits per heavy atom. The van der Waals surface area contributed by atoms with Crippen LogP contribution >= 0.6 is 0 Å². The van der Waals surface area contributed by atoms with Crippen LogP contribution in [0.1, 0.15) is 6.42 Å². The second-order valence-corrected chi connectivity index (χ2v) is 3.40. The van der Waals surface area contributed by atoms with Gasteiger partial charge in [-0.05, 0) is 18.6 Å². The van der Waals surface area contributed by atoms with E-state index in [4.69, 9.17) is 4.74 Å². The second kappa shape index (κ2) is 4.79. The van der Waals surface area contributed by atoms with Gasteiger partial charge in [0.1, 0.15) is 0 Å². The van der Waals surface area contributed by atoms with Crippen LogP contribution in [0.15, 0.2) is 36.9 Å². The van der Waals surface area contributed by atoms with Gasteiger partial charge in [-0.2, -0.15) is 5.10 Å². The summed E-state index contributed by atoms with van der Waals surface area (Å²) in [6.07, 6.45) is 8.92. The molecule has 0 radical (unpaired) electrons. The van der Waals surface area contributed by atoms with Crippen molar-refractivity contribution < 1.29 is 4.74 Å². The molecule has 4 nitrogen and oxygen atoms in total. The summed E-state index contributed by atoms with van der Waals surface area (Å²) in [6, 6.07) is 4.00. The van der Waals surface area contributed by atoms with Gasteiger partial charge in [0.25, 0.3) is 0 Å². The zero-order valence-electron chi connectivity index (χ0n) is 8.84. The smallest absolute Gasteiger partial charge is 0.0833 e. The van der Waals surface area contributed by atoms with Crippen molar-refractivity contribution in [2.45, 2.75) is 13.0 Å². The maximum absolute atomic E-state index is 5.00. The molecule has 0 N–H and O–H groups in total. The molecule has 2 rings (SSSR count). The Kier molecular flexibility index (Phi) is 3.19. The van der Waals surface area contributed by atoms with Gasteiger partial charge in [0.15, 0.2) is 0 Å². The maximum Gasteiger partial charge on any atom is 0.0833 e. The normalized spacial score (nSPS) is 10.7. The van der Waals surface area contributed by atoms with Crippen molar-refractivity contribution in [3.63, 3.8) is 0 Å². The Hall–Kier alpha value is -1.55. The van der Waals surface area contributed by atoms with Crippen molar-refractivity contribution in [2.24, 2.45) is 0 Å². The Bertz CT molecular complexity index is 392. The molecule has 0 atom stereocenters. The lowest BCUT2D eigenvalue weighted by Gasteiger charge is -2.00. The Morgan fingerprint density at radius 2 is 2.13 bits per heavy atom. The van der Waals surface area contributed by atoms with Crippen LogP contribution in [0.3, 0.4) is 0 Å². The molecule has 80 valence electrons. The molecule has 0 aliphatic rings. The number of hydrogen-bond donors (Lipinski definition) is 0. The molecular weight excluding hydrogens is 190 g/mol. The molecule has 2 aromatic rings. The van der Waals surface area contributed by atoms with Gasteiger partial charge >= 0.3 is 0 Å². The highest BCUT2D eigenvalue weighted by Crippen LogP contribution is 2.06. The standard InChI is InChI=1S/C11H15N3O/c1-15-8-4-7-14-10-11(9-12-14)13-5-2-3-6-13/h2-3,5-6,9-10H,4,7-8H2,1H3. The summed E-state index contributed by atoms with van der Waals surface area (Å²) in [7, 11) is 1.72. The lowest BCUT2D eigenvalue weighted by molar-refractivity contribution is 0.189. The van der Waals surface area contributed by atoms with E-state index in [9.17, 15) is 0 Å². The number of rotatable bonds is 5. The van der Waals surface area contributed by atoms with Crippen LogP contribution in [-0.2, 0) is 11.3 Å². The van der Waals surface area contributed by atoms with Crippen molar-refractivity contribution in [2.75, 3.05) is 13.7 Å². The Labute approximate surface area is 89.1 Å². The molecule has 0 bridgehead atoms. The summed E-state index contributed by atoms with van der Waals surface area (Å²) in [6.45, 7) is 1.67. The van der Waals surface area contributed by atoms with E-state index in [-0.39, 0.29) is 0 Å². The number of aromatic nitrogens is 3. The van der Waals surface area contributed by atoms with Crippen molar-refractivity contribution in [3.8, 4) is 5.69 Å². The first-order valence-corrected chi connectivity index (χ1v) is 5.05. The predicted octanol–water partition coefficient (Wildman–Crippen LogP) is 1.71. The summed E-state index contributed by atoms with van der Waals surface area (Å²) < 4.78 is 8.98. The van der Waals surface area contributed by atoms with E-state index in [0.717, 1.165) is 25.3 Å². The number of hydrogen-bond acceptors (Lipinski definition) is 2. The highest BCUT2D eigenvalue weighted by Gasteiger charge is 1.98. The SMILES string of the molecule is COCCCn1cc(-n2cccc2)cn1.